The maximum atomic E-state index is 13.3. The highest BCUT2D eigenvalue weighted by Gasteiger charge is 2.41. The molecule has 0 amide bonds. The average Bonchev–Trinajstić information content (AvgIpc) is 2.54. The number of aryl methyl sites for hydroxylation is 1. The highest BCUT2D eigenvalue weighted by Crippen LogP contribution is 2.37. The summed E-state index contributed by atoms with van der Waals surface area (Å²) in [6, 6.07) is -0.926. The molecule has 0 bridgehead atoms. The molecule has 2 nitrogen and oxygen atoms in total. The predicted molar refractivity (Wildman–Crippen MR) is 53.9 cm³/mol. The topological polar surface area (TPSA) is 39.2 Å². The Balaban J connectivity index is 2.68. The van der Waals surface area contributed by atoms with Gasteiger partial charge in [0.05, 0.1) is 0 Å². The number of halogens is 5. The SMILES string of the molecule is Cc1c(C(N)C(F)(F)F)oc2c(F)cc(F)cc12. The third-order valence-corrected chi connectivity index (χ3v) is 2.63. The van der Waals surface area contributed by atoms with E-state index in [1.54, 1.807) is 0 Å². The fourth-order valence-corrected chi connectivity index (χ4v) is 1.71. The van der Waals surface area contributed by atoms with Crippen molar-refractivity contribution in [3.8, 4) is 0 Å². The normalized spacial score (nSPS) is 14.2. The van der Waals surface area contributed by atoms with Crippen LogP contribution in [0.5, 0.6) is 0 Å². The molecule has 2 N–H and O–H groups in total. The fourth-order valence-electron chi connectivity index (χ4n) is 1.71. The molecule has 2 rings (SSSR count). The second-order valence-corrected chi connectivity index (χ2v) is 3.87. The van der Waals surface area contributed by atoms with Gasteiger partial charge >= 0.3 is 6.18 Å². The lowest BCUT2D eigenvalue weighted by Crippen LogP contribution is -2.28. The lowest BCUT2D eigenvalue weighted by atomic mass is 10.1. The third-order valence-electron chi connectivity index (χ3n) is 2.63. The first-order valence-electron chi connectivity index (χ1n) is 4.92. The summed E-state index contributed by atoms with van der Waals surface area (Å²) < 4.78 is 68.5. The van der Waals surface area contributed by atoms with Gasteiger partial charge in [-0.05, 0) is 13.0 Å². The molecule has 1 aromatic heterocycles. The van der Waals surface area contributed by atoms with Crippen LogP contribution in [0.2, 0.25) is 0 Å². The molecule has 2 aromatic rings. The smallest absolute Gasteiger partial charge is 0.410 e. The van der Waals surface area contributed by atoms with E-state index >= 15 is 0 Å². The summed E-state index contributed by atoms with van der Waals surface area (Å²) in [5.74, 6) is -2.56. The summed E-state index contributed by atoms with van der Waals surface area (Å²) in [5, 5.41) is -0.0535. The van der Waals surface area contributed by atoms with Crippen LogP contribution in [0.15, 0.2) is 16.5 Å². The van der Waals surface area contributed by atoms with Gasteiger partial charge in [0.25, 0.3) is 0 Å². The molecule has 0 radical (unpaired) electrons. The second-order valence-electron chi connectivity index (χ2n) is 3.87. The highest BCUT2D eigenvalue weighted by atomic mass is 19.4. The molecule has 1 atom stereocenters. The van der Waals surface area contributed by atoms with E-state index in [9.17, 15) is 22.0 Å². The van der Waals surface area contributed by atoms with Crippen LogP contribution in [0.4, 0.5) is 22.0 Å². The Labute approximate surface area is 98.2 Å². The number of furan rings is 1. The molecule has 0 spiro atoms. The average molecular weight is 265 g/mol. The lowest BCUT2D eigenvalue weighted by Gasteiger charge is -2.13. The van der Waals surface area contributed by atoms with Crippen molar-refractivity contribution in [3.63, 3.8) is 0 Å². The van der Waals surface area contributed by atoms with Gasteiger partial charge < -0.3 is 10.2 Å². The van der Waals surface area contributed by atoms with Gasteiger partial charge in [0.15, 0.2) is 17.4 Å². The highest BCUT2D eigenvalue weighted by molar-refractivity contribution is 5.82. The molecule has 0 fully saturated rings. The largest absolute Gasteiger partial charge is 0.456 e. The van der Waals surface area contributed by atoms with Crippen molar-refractivity contribution in [1.29, 1.82) is 0 Å². The molecule has 1 aromatic carbocycles. The maximum Gasteiger partial charge on any atom is 0.410 e. The Morgan fingerprint density at radius 1 is 1.22 bits per heavy atom. The van der Waals surface area contributed by atoms with E-state index in [1.165, 1.54) is 6.92 Å². The van der Waals surface area contributed by atoms with Gasteiger partial charge in [-0.2, -0.15) is 13.2 Å². The van der Waals surface area contributed by atoms with Crippen molar-refractivity contribution in [2.75, 3.05) is 0 Å². The van der Waals surface area contributed by atoms with Gasteiger partial charge in [0, 0.05) is 17.0 Å². The van der Waals surface area contributed by atoms with Gasteiger partial charge in [-0.15, -0.1) is 0 Å². The summed E-state index contributed by atoms with van der Waals surface area (Å²) in [6.07, 6.45) is -4.71. The minimum absolute atomic E-state index is 0.0202. The van der Waals surface area contributed by atoms with E-state index in [4.69, 9.17) is 10.2 Å². The fraction of sp³-hybridized carbons (Fsp3) is 0.273. The van der Waals surface area contributed by atoms with E-state index in [0.717, 1.165) is 6.07 Å². The molecule has 0 saturated carbocycles. The second kappa shape index (κ2) is 3.94. The Morgan fingerprint density at radius 3 is 2.39 bits per heavy atom. The molecule has 18 heavy (non-hydrogen) atoms. The van der Waals surface area contributed by atoms with Crippen LogP contribution < -0.4 is 5.73 Å². The van der Waals surface area contributed by atoms with Crippen molar-refractivity contribution in [2.24, 2.45) is 5.73 Å². The molecule has 1 unspecified atom stereocenters. The first-order chi connectivity index (χ1) is 8.21. The van der Waals surface area contributed by atoms with E-state index in [0.29, 0.717) is 6.07 Å². The van der Waals surface area contributed by atoms with Gasteiger partial charge in [0.2, 0.25) is 0 Å². The monoisotopic (exact) mass is 265 g/mol. The van der Waals surface area contributed by atoms with Crippen LogP contribution in [0, 0.1) is 18.6 Å². The first kappa shape index (κ1) is 12.8. The van der Waals surface area contributed by atoms with Crippen LogP contribution in [0.3, 0.4) is 0 Å². The molecular formula is C11H8F5NO. The maximum absolute atomic E-state index is 13.3. The Morgan fingerprint density at radius 2 is 1.83 bits per heavy atom. The summed E-state index contributed by atoms with van der Waals surface area (Å²) in [6.45, 7) is 1.27. The Kier molecular flexibility index (Phi) is 2.81. The lowest BCUT2D eigenvalue weighted by molar-refractivity contribution is -0.152. The van der Waals surface area contributed by atoms with Crippen molar-refractivity contribution >= 4 is 11.0 Å². The van der Waals surface area contributed by atoms with Gasteiger partial charge in [-0.25, -0.2) is 8.78 Å². The summed E-state index contributed by atoms with van der Waals surface area (Å²) in [5.41, 5.74) is 4.54. The standard InChI is InChI=1S/C11H8F5NO/c1-4-6-2-5(12)3-7(13)9(6)18-8(4)10(17)11(14,15)16/h2-3,10H,17H2,1H3. The van der Waals surface area contributed by atoms with Gasteiger partial charge in [-0.3, -0.25) is 0 Å². The number of rotatable bonds is 1. The molecule has 0 saturated heterocycles. The van der Waals surface area contributed by atoms with E-state index < -0.39 is 35.2 Å². The molecule has 1 heterocycles. The molecule has 0 aliphatic carbocycles. The zero-order valence-electron chi connectivity index (χ0n) is 9.11. The quantitative estimate of drug-likeness (QED) is 0.800. The zero-order chi connectivity index (χ0) is 13.7. The van der Waals surface area contributed by atoms with Crippen molar-refractivity contribution in [2.45, 2.75) is 19.1 Å². The zero-order valence-corrected chi connectivity index (χ0v) is 9.11. The van der Waals surface area contributed by atoms with Crippen molar-refractivity contribution in [1.82, 2.24) is 0 Å². The van der Waals surface area contributed by atoms with E-state index in [1.807, 2.05) is 0 Å². The molecule has 0 aliphatic rings. The van der Waals surface area contributed by atoms with E-state index in [2.05, 4.69) is 0 Å². The van der Waals surface area contributed by atoms with Crippen LogP contribution in [-0.2, 0) is 0 Å². The van der Waals surface area contributed by atoms with Crippen molar-refractivity contribution in [3.05, 3.63) is 35.1 Å². The number of hydrogen-bond donors (Lipinski definition) is 1. The van der Waals surface area contributed by atoms with Gasteiger partial charge in [0.1, 0.15) is 11.6 Å². The minimum atomic E-state index is -4.71. The molecule has 98 valence electrons. The number of nitrogens with two attached hydrogens (primary N) is 1. The predicted octanol–water partition coefficient (Wildman–Crippen LogP) is 3.58. The minimum Gasteiger partial charge on any atom is -0.456 e. The number of hydrogen-bond acceptors (Lipinski definition) is 2. The summed E-state index contributed by atoms with van der Waals surface area (Å²) >= 11 is 0. The Bertz CT molecular complexity index is 601. The van der Waals surface area contributed by atoms with Crippen molar-refractivity contribution < 1.29 is 26.4 Å². The molecule has 7 heteroatoms. The number of benzene rings is 1. The number of alkyl halides is 3. The summed E-state index contributed by atoms with van der Waals surface area (Å²) in [4.78, 5) is 0. The summed E-state index contributed by atoms with van der Waals surface area (Å²) in [7, 11) is 0. The van der Waals surface area contributed by atoms with Crippen LogP contribution in [-0.4, -0.2) is 6.18 Å². The molecular weight excluding hydrogens is 257 g/mol. The van der Waals surface area contributed by atoms with Crippen LogP contribution >= 0.6 is 0 Å². The van der Waals surface area contributed by atoms with Crippen LogP contribution in [0.25, 0.3) is 11.0 Å². The van der Waals surface area contributed by atoms with Gasteiger partial charge in [-0.1, -0.05) is 0 Å². The first-order valence-corrected chi connectivity index (χ1v) is 4.92. The van der Waals surface area contributed by atoms with Crippen LogP contribution in [0.1, 0.15) is 17.4 Å². The third kappa shape index (κ3) is 1.94. The molecule has 0 aliphatic heterocycles. The Hall–Kier alpha value is -1.63. The number of fused-ring (bicyclic) bond motifs is 1. The van der Waals surface area contributed by atoms with E-state index in [-0.39, 0.29) is 10.9 Å².